The minimum Gasteiger partial charge on any atom is -0.495 e. The van der Waals surface area contributed by atoms with E-state index in [1.807, 2.05) is 55.4 Å². The molecule has 0 aliphatic heterocycles. The standard InChI is InChI=1S/C20H22ClN5O.HI/c1-26(2)19-10-13(15-6-4-5-7-17(15)25-19)12-23-20(22)24-14-8-9-18(27-3)16(21)11-14;/h4-11H,12H2,1-3H3,(H3,22,23,24);1H. The molecule has 148 valence electrons. The van der Waals surface area contributed by atoms with E-state index in [0.29, 0.717) is 23.3 Å². The van der Waals surface area contributed by atoms with Crippen molar-refractivity contribution in [1.82, 2.24) is 4.98 Å². The molecule has 1 heterocycles. The number of rotatable bonds is 5. The van der Waals surface area contributed by atoms with Crippen LogP contribution in [-0.4, -0.2) is 32.1 Å². The van der Waals surface area contributed by atoms with Crippen molar-refractivity contribution in [1.29, 1.82) is 0 Å². The van der Waals surface area contributed by atoms with Gasteiger partial charge < -0.3 is 20.7 Å². The summed E-state index contributed by atoms with van der Waals surface area (Å²) in [6, 6.07) is 15.4. The van der Waals surface area contributed by atoms with E-state index in [1.165, 1.54) is 0 Å². The molecule has 0 aliphatic rings. The van der Waals surface area contributed by atoms with E-state index >= 15 is 0 Å². The summed E-state index contributed by atoms with van der Waals surface area (Å²) in [5.41, 5.74) is 8.79. The Morgan fingerprint density at radius 2 is 1.96 bits per heavy atom. The number of hydrogen-bond acceptors (Lipinski definition) is 4. The number of aliphatic imine (C=N–C) groups is 1. The number of ether oxygens (including phenoxy) is 1. The van der Waals surface area contributed by atoms with Crippen LogP contribution in [0.1, 0.15) is 5.56 Å². The highest BCUT2D eigenvalue weighted by molar-refractivity contribution is 14.0. The van der Waals surface area contributed by atoms with E-state index in [1.54, 1.807) is 19.2 Å². The molecule has 0 saturated heterocycles. The van der Waals surface area contributed by atoms with Gasteiger partial charge in [-0.15, -0.1) is 24.0 Å². The van der Waals surface area contributed by atoms with Gasteiger partial charge in [-0.05, 0) is 35.9 Å². The highest BCUT2D eigenvalue weighted by Gasteiger charge is 2.07. The van der Waals surface area contributed by atoms with Gasteiger partial charge in [-0.2, -0.15) is 0 Å². The molecule has 0 bridgehead atoms. The first-order chi connectivity index (χ1) is 13.0. The number of halogens is 2. The van der Waals surface area contributed by atoms with E-state index < -0.39 is 0 Å². The number of nitrogens with two attached hydrogens (primary N) is 1. The van der Waals surface area contributed by atoms with Crippen LogP contribution in [0.15, 0.2) is 53.5 Å². The van der Waals surface area contributed by atoms with Gasteiger partial charge in [0.15, 0.2) is 5.96 Å². The molecule has 3 aromatic rings. The first-order valence-corrected chi connectivity index (χ1v) is 8.82. The Morgan fingerprint density at radius 1 is 1.21 bits per heavy atom. The Balaban J connectivity index is 0.00000280. The number of pyridine rings is 1. The maximum atomic E-state index is 6.14. The Morgan fingerprint density at radius 3 is 2.64 bits per heavy atom. The second-order valence-corrected chi connectivity index (χ2v) is 6.63. The number of nitrogens with zero attached hydrogens (tertiary/aromatic N) is 3. The third kappa shape index (κ3) is 5.17. The number of benzene rings is 2. The molecule has 0 aliphatic carbocycles. The van der Waals surface area contributed by atoms with Crippen molar-refractivity contribution in [2.45, 2.75) is 6.54 Å². The van der Waals surface area contributed by atoms with Crippen molar-refractivity contribution in [3.8, 4) is 5.75 Å². The molecule has 1 aromatic heterocycles. The lowest BCUT2D eigenvalue weighted by Gasteiger charge is -2.14. The Hall–Kier alpha value is -2.26. The number of anilines is 2. The summed E-state index contributed by atoms with van der Waals surface area (Å²) in [5.74, 6) is 1.80. The summed E-state index contributed by atoms with van der Waals surface area (Å²) in [5, 5.41) is 4.62. The van der Waals surface area contributed by atoms with Crippen molar-refractivity contribution < 1.29 is 4.74 Å². The number of guanidine groups is 1. The molecule has 0 amide bonds. The zero-order chi connectivity index (χ0) is 19.4. The van der Waals surface area contributed by atoms with Crippen LogP contribution in [0.4, 0.5) is 11.5 Å². The lowest BCUT2D eigenvalue weighted by molar-refractivity contribution is 0.415. The van der Waals surface area contributed by atoms with Crippen LogP contribution >= 0.6 is 35.6 Å². The molecule has 6 nitrogen and oxygen atoms in total. The van der Waals surface area contributed by atoms with Crippen molar-refractivity contribution in [3.05, 3.63) is 59.1 Å². The molecule has 3 N–H and O–H groups in total. The number of nitrogens with one attached hydrogen (secondary N) is 1. The molecule has 0 spiro atoms. The summed E-state index contributed by atoms with van der Waals surface area (Å²) in [7, 11) is 5.51. The monoisotopic (exact) mass is 511 g/mol. The fourth-order valence-electron chi connectivity index (χ4n) is 2.69. The number of hydrogen-bond donors (Lipinski definition) is 2. The lowest BCUT2D eigenvalue weighted by Crippen LogP contribution is -2.22. The number of methoxy groups -OCH3 is 1. The molecule has 0 unspecified atom stereocenters. The summed E-state index contributed by atoms with van der Waals surface area (Å²) >= 11 is 6.14. The van der Waals surface area contributed by atoms with Crippen molar-refractivity contribution in [2.75, 3.05) is 31.4 Å². The van der Waals surface area contributed by atoms with Gasteiger partial charge in [0.1, 0.15) is 11.6 Å². The SMILES string of the molecule is COc1ccc(NC(N)=NCc2cc(N(C)C)nc3ccccc23)cc1Cl.I. The predicted octanol–water partition coefficient (Wildman–Crippen LogP) is 4.51. The zero-order valence-electron chi connectivity index (χ0n) is 15.9. The number of fused-ring (bicyclic) bond motifs is 1. The van der Waals surface area contributed by atoms with Gasteiger partial charge in [-0.1, -0.05) is 29.8 Å². The van der Waals surface area contributed by atoms with Gasteiger partial charge in [0, 0.05) is 25.2 Å². The Labute approximate surface area is 186 Å². The van der Waals surface area contributed by atoms with E-state index in [9.17, 15) is 0 Å². The van der Waals surface area contributed by atoms with Crippen LogP contribution in [0.5, 0.6) is 5.75 Å². The van der Waals surface area contributed by atoms with Crippen molar-refractivity contribution in [3.63, 3.8) is 0 Å². The van der Waals surface area contributed by atoms with E-state index in [4.69, 9.17) is 22.1 Å². The molecule has 0 atom stereocenters. The van der Waals surface area contributed by atoms with Crippen LogP contribution in [0.3, 0.4) is 0 Å². The summed E-state index contributed by atoms with van der Waals surface area (Å²) in [6.07, 6.45) is 0. The fourth-order valence-corrected chi connectivity index (χ4v) is 2.95. The molecule has 28 heavy (non-hydrogen) atoms. The Bertz CT molecular complexity index is 993. The third-order valence-corrected chi connectivity index (χ3v) is 4.39. The van der Waals surface area contributed by atoms with Gasteiger partial charge in [0.05, 0.1) is 24.2 Å². The highest BCUT2D eigenvalue weighted by atomic mass is 127. The van der Waals surface area contributed by atoms with Crippen LogP contribution in [-0.2, 0) is 6.54 Å². The number of para-hydroxylation sites is 1. The topological polar surface area (TPSA) is 75.8 Å². The third-order valence-electron chi connectivity index (χ3n) is 4.09. The zero-order valence-corrected chi connectivity index (χ0v) is 19.0. The van der Waals surface area contributed by atoms with Gasteiger partial charge >= 0.3 is 0 Å². The smallest absolute Gasteiger partial charge is 0.193 e. The summed E-state index contributed by atoms with van der Waals surface area (Å²) < 4.78 is 5.15. The minimum atomic E-state index is 0. The van der Waals surface area contributed by atoms with E-state index in [-0.39, 0.29) is 24.0 Å². The van der Waals surface area contributed by atoms with Gasteiger partial charge in [0.2, 0.25) is 0 Å². The maximum absolute atomic E-state index is 6.14. The molecular formula is C20H23ClIN5O. The normalized spacial score (nSPS) is 11.1. The largest absolute Gasteiger partial charge is 0.495 e. The van der Waals surface area contributed by atoms with Crippen LogP contribution in [0.25, 0.3) is 10.9 Å². The van der Waals surface area contributed by atoms with E-state index in [0.717, 1.165) is 28.0 Å². The molecule has 0 fully saturated rings. The summed E-state index contributed by atoms with van der Waals surface area (Å²) in [6.45, 7) is 0.437. The molecule has 0 radical (unpaired) electrons. The highest BCUT2D eigenvalue weighted by Crippen LogP contribution is 2.27. The second kappa shape index (κ2) is 9.79. The molecule has 0 saturated carbocycles. The van der Waals surface area contributed by atoms with Crippen molar-refractivity contribution in [2.24, 2.45) is 10.7 Å². The minimum absolute atomic E-state index is 0. The van der Waals surface area contributed by atoms with Crippen LogP contribution in [0, 0.1) is 0 Å². The first-order valence-electron chi connectivity index (χ1n) is 8.44. The first kappa shape index (κ1) is 22.0. The maximum Gasteiger partial charge on any atom is 0.193 e. The fraction of sp³-hybridized carbons (Fsp3) is 0.200. The average molecular weight is 512 g/mol. The lowest BCUT2D eigenvalue weighted by atomic mass is 10.1. The van der Waals surface area contributed by atoms with E-state index in [2.05, 4.69) is 15.3 Å². The van der Waals surface area contributed by atoms with Gasteiger partial charge in [0.25, 0.3) is 0 Å². The van der Waals surface area contributed by atoms with Gasteiger partial charge in [-0.3, -0.25) is 0 Å². The van der Waals surface area contributed by atoms with Gasteiger partial charge in [-0.25, -0.2) is 9.98 Å². The molecule has 8 heteroatoms. The summed E-state index contributed by atoms with van der Waals surface area (Å²) in [4.78, 5) is 11.1. The second-order valence-electron chi connectivity index (χ2n) is 6.23. The molecule has 3 rings (SSSR count). The Kier molecular flexibility index (Phi) is 7.70. The molecule has 2 aromatic carbocycles. The average Bonchev–Trinajstić information content (AvgIpc) is 2.66. The predicted molar refractivity (Wildman–Crippen MR) is 128 cm³/mol. The van der Waals surface area contributed by atoms with Crippen molar-refractivity contribution >= 4 is 63.9 Å². The quantitative estimate of drug-likeness (QED) is 0.300. The molecular weight excluding hydrogens is 489 g/mol. The van der Waals surface area contributed by atoms with Crippen LogP contribution in [0.2, 0.25) is 5.02 Å². The number of aromatic nitrogens is 1. The van der Waals surface area contributed by atoms with Crippen LogP contribution < -0.4 is 20.7 Å².